The number of anilines is 2. The van der Waals surface area contributed by atoms with Gasteiger partial charge >= 0.3 is 0 Å². The molecule has 1 aliphatic heterocycles. The summed E-state index contributed by atoms with van der Waals surface area (Å²) in [6, 6.07) is 7.31. The number of hydrogen-bond donors (Lipinski definition) is 2. The minimum absolute atomic E-state index is 0.0189. The zero-order valence-electron chi connectivity index (χ0n) is 12.0. The van der Waals surface area contributed by atoms with E-state index in [-0.39, 0.29) is 5.91 Å². The lowest BCUT2D eigenvalue weighted by Crippen LogP contribution is -2.25. The summed E-state index contributed by atoms with van der Waals surface area (Å²) >= 11 is 0. The van der Waals surface area contributed by atoms with Crippen molar-refractivity contribution in [3.05, 3.63) is 24.3 Å². The molecule has 0 bridgehead atoms. The van der Waals surface area contributed by atoms with E-state index in [2.05, 4.69) is 10.2 Å². The maximum atomic E-state index is 11.8. The molecular weight excluding hydrogens is 254 g/mol. The van der Waals surface area contributed by atoms with Crippen molar-refractivity contribution in [2.24, 2.45) is 0 Å². The van der Waals surface area contributed by atoms with Crippen molar-refractivity contribution in [1.29, 1.82) is 0 Å². The molecule has 1 aromatic rings. The van der Waals surface area contributed by atoms with Gasteiger partial charge in [0.05, 0.1) is 17.5 Å². The summed E-state index contributed by atoms with van der Waals surface area (Å²) in [5.74, 6) is 0.0189. The van der Waals surface area contributed by atoms with E-state index < -0.39 is 0 Å². The molecule has 5 heteroatoms. The number of nitrogens with one attached hydrogen (secondary N) is 1. The molecule has 0 radical (unpaired) electrons. The minimum Gasteiger partial charge on any atom is -0.397 e. The second-order valence-corrected chi connectivity index (χ2v) is 5.19. The van der Waals surface area contributed by atoms with E-state index in [1.165, 1.54) is 0 Å². The van der Waals surface area contributed by atoms with Gasteiger partial charge in [-0.25, -0.2) is 0 Å². The Morgan fingerprint density at radius 2 is 2.30 bits per heavy atom. The highest BCUT2D eigenvalue weighted by Gasteiger charge is 2.21. The highest BCUT2D eigenvalue weighted by molar-refractivity contribution is 5.93. The van der Waals surface area contributed by atoms with Crippen LogP contribution in [0.25, 0.3) is 0 Å². The third-order valence-corrected chi connectivity index (χ3v) is 3.68. The number of hydrogen-bond acceptors (Lipinski definition) is 4. The normalized spacial score (nSPS) is 19.1. The molecule has 2 rings (SSSR count). The van der Waals surface area contributed by atoms with Crippen LogP contribution in [0.15, 0.2) is 24.3 Å². The molecule has 1 atom stereocenters. The van der Waals surface area contributed by atoms with Crippen LogP contribution in [0.3, 0.4) is 0 Å². The third kappa shape index (κ3) is 4.21. The standard InChI is InChI=1S/C15H23N3O2/c1-20-12-8-10-18(11-12)9-4-7-15(19)17-14-6-3-2-5-13(14)16/h2-3,5-6,12H,4,7-11,16H2,1H3,(H,17,19). The zero-order chi connectivity index (χ0) is 14.4. The number of nitrogens with two attached hydrogens (primary N) is 1. The highest BCUT2D eigenvalue weighted by Crippen LogP contribution is 2.17. The molecule has 1 unspecified atom stereocenters. The average molecular weight is 277 g/mol. The number of methoxy groups -OCH3 is 1. The molecule has 20 heavy (non-hydrogen) atoms. The maximum absolute atomic E-state index is 11.8. The highest BCUT2D eigenvalue weighted by atomic mass is 16.5. The Bertz CT molecular complexity index is 450. The molecule has 5 nitrogen and oxygen atoms in total. The Kier molecular flexibility index (Phi) is 5.38. The number of nitrogen functional groups attached to an aromatic ring is 1. The number of ether oxygens (including phenoxy) is 1. The van der Waals surface area contributed by atoms with Gasteiger partial charge in [-0.3, -0.25) is 4.79 Å². The van der Waals surface area contributed by atoms with Crippen molar-refractivity contribution in [3.8, 4) is 0 Å². The minimum atomic E-state index is 0.0189. The molecule has 0 aliphatic carbocycles. The number of likely N-dealkylation sites (tertiary alicyclic amines) is 1. The number of rotatable bonds is 6. The van der Waals surface area contributed by atoms with Crippen LogP contribution in [0.4, 0.5) is 11.4 Å². The molecular formula is C15H23N3O2. The first-order valence-corrected chi connectivity index (χ1v) is 7.08. The van der Waals surface area contributed by atoms with Crippen LogP contribution in [-0.4, -0.2) is 43.7 Å². The molecule has 1 amide bonds. The maximum Gasteiger partial charge on any atom is 0.224 e. The van der Waals surface area contributed by atoms with Gasteiger partial charge in [-0.05, 0) is 31.5 Å². The summed E-state index contributed by atoms with van der Waals surface area (Å²) in [7, 11) is 1.76. The monoisotopic (exact) mass is 277 g/mol. The van der Waals surface area contributed by atoms with Crippen LogP contribution in [0, 0.1) is 0 Å². The summed E-state index contributed by atoms with van der Waals surface area (Å²) in [6.07, 6.45) is 2.81. The fourth-order valence-electron chi connectivity index (χ4n) is 2.48. The SMILES string of the molecule is COC1CCN(CCCC(=O)Nc2ccccc2N)C1. The van der Waals surface area contributed by atoms with E-state index in [1.54, 1.807) is 13.2 Å². The lowest BCUT2D eigenvalue weighted by Gasteiger charge is -2.15. The van der Waals surface area contributed by atoms with Crippen molar-refractivity contribution < 1.29 is 9.53 Å². The lowest BCUT2D eigenvalue weighted by atomic mass is 10.2. The van der Waals surface area contributed by atoms with E-state index >= 15 is 0 Å². The van der Waals surface area contributed by atoms with Crippen molar-refractivity contribution in [1.82, 2.24) is 4.90 Å². The van der Waals surface area contributed by atoms with Gasteiger partial charge in [0, 0.05) is 26.6 Å². The van der Waals surface area contributed by atoms with Gasteiger partial charge in [-0.15, -0.1) is 0 Å². The Morgan fingerprint density at radius 3 is 3.00 bits per heavy atom. The fourth-order valence-corrected chi connectivity index (χ4v) is 2.48. The molecule has 0 aromatic heterocycles. The number of benzene rings is 1. The quantitative estimate of drug-likeness (QED) is 0.777. The molecule has 1 fully saturated rings. The summed E-state index contributed by atoms with van der Waals surface area (Å²) in [6.45, 7) is 2.98. The number of amides is 1. The number of carbonyl (C=O) groups excluding carboxylic acids is 1. The Balaban J connectivity index is 1.67. The van der Waals surface area contributed by atoms with Crippen molar-refractivity contribution >= 4 is 17.3 Å². The topological polar surface area (TPSA) is 67.6 Å². The third-order valence-electron chi connectivity index (χ3n) is 3.68. The van der Waals surface area contributed by atoms with Crippen molar-refractivity contribution in [2.75, 3.05) is 37.8 Å². The molecule has 1 saturated heterocycles. The van der Waals surface area contributed by atoms with Crippen LogP contribution >= 0.6 is 0 Å². The van der Waals surface area contributed by atoms with Gasteiger partial charge in [0.15, 0.2) is 0 Å². The Labute approximate surface area is 120 Å². The number of nitrogens with zero attached hydrogens (tertiary/aromatic N) is 1. The molecule has 3 N–H and O–H groups in total. The number of para-hydroxylation sites is 2. The fraction of sp³-hybridized carbons (Fsp3) is 0.533. The number of carbonyl (C=O) groups is 1. The predicted molar refractivity (Wildman–Crippen MR) is 80.6 cm³/mol. The molecule has 1 heterocycles. The Hall–Kier alpha value is -1.59. The molecule has 1 aliphatic rings. The summed E-state index contributed by atoms with van der Waals surface area (Å²) in [5.41, 5.74) is 7.08. The smallest absolute Gasteiger partial charge is 0.224 e. The second kappa shape index (κ2) is 7.26. The Morgan fingerprint density at radius 1 is 1.50 bits per heavy atom. The summed E-state index contributed by atoms with van der Waals surface area (Å²) < 4.78 is 5.33. The zero-order valence-corrected chi connectivity index (χ0v) is 12.0. The van der Waals surface area contributed by atoms with Crippen LogP contribution in [0.2, 0.25) is 0 Å². The lowest BCUT2D eigenvalue weighted by molar-refractivity contribution is -0.116. The van der Waals surface area contributed by atoms with E-state index in [1.807, 2.05) is 18.2 Å². The van der Waals surface area contributed by atoms with E-state index in [4.69, 9.17) is 10.5 Å². The van der Waals surface area contributed by atoms with Crippen LogP contribution in [-0.2, 0) is 9.53 Å². The van der Waals surface area contributed by atoms with Gasteiger partial charge in [-0.1, -0.05) is 12.1 Å². The molecule has 1 aromatic carbocycles. The van der Waals surface area contributed by atoms with Crippen molar-refractivity contribution in [3.63, 3.8) is 0 Å². The van der Waals surface area contributed by atoms with Crippen LogP contribution in [0.5, 0.6) is 0 Å². The van der Waals surface area contributed by atoms with Crippen molar-refractivity contribution in [2.45, 2.75) is 25.4 Å². The molecule has 110 valence electrons. The van der Waals surface area contributed by atoms with E-state index in [9.17, 15) is 4.79 Å². The van der Waals surface area contributed by atoms with E-state index in [0.717, 1.165) is 32.5 Å². The van der Waals surface area contributed by atoms with Gasteiger partial charge < -0.3 is 20.7 Å². The first-order chi connectivity index (χ1) is 9.69. The molecule has 0 saturated carbocycles. The van der Waals surface area contributed by atoms with E-state index in [0.29, 0.717) is 23.9 Å². The average Bonchev–Trinajstić information content (AvgIpc) is 2.89. The van der Waals surface area contributed by atoms with Gasteiger partial charge in [0.1, 0.15) is 0 Å². The van der Waals surface area contributed by atoms with Crippen LogP contribution in [0.1, 0.15) is 19.3 Å². The van der Waals surface area contributed by atoms with Gasteiger partial charge in [-0.2, -0.15) is 0 Å². The summed E-state index contributed by atoms with van der Waals surface area (Å²) in [5, 5.41) is 2.85. The second-order valence-electron chi connectivity index (χ2n) is 5.19. The van der Waals surface area contributed by atoms with Crippen LogP contribution < -0.4 is 11.1 Å². The first-order valence-electron chi connectivity index (χ1n) is 7.08. The van der Waals surface area contributed by atoms with Gasteiger partial charge in [0.25, 0.3) is 0 Å². The predicted octanol–water partition coefficient (Wildman–Crippen LogP) is 1.71. The first kappa shape index (κ1) is 14.8. The van der Waals surface area contributed by atoms with Gasteiger partial charge in [0.2, 0.25) is 5.91 Å². The molecule has 0 spiro atoms. The largest absolute Gasteiger partial charge is 0.397 e. The summed E-state index contributed by atoms with van der Waals surface area (Å²) in [4.78, 5) is 14.2.